The number of benzene rings is 1. The minimum Gasteiger partial charge on any atom is -0.500 e. The summed E-state index contributed by atoms with van der Waals surface area (Å²) in [6.45, 7) is 1.94. The summed E-state index contributed by atoms with van der Waals surface area (Å²) in [5.41, 5.74) is 12.1. The molecule has 0 aromatic heterocycles. The van der Waals surface area contributed by atoms with Crippen LogP contribution in [-0.4, -0.2) is 24.8 Å². The molecule has 0 saturated carbocycles. The first-order chi connectivity index (χ1) is 11.8. The summed E-state index contributed by atoms with van der Waals surface area (Å²) in [5.74, 6) is 1.04. The van der Waals surface area contributed by atoms with Gasteiger partial charge < -0.3 is 20.9 Å². The molecule has 1 aromatic rings. The molecule has 1 aliphatic heterocycles. The van der Waals surface area contributed by atoms with E-state index in [0.29, 0.717) is 40.0 Å². The van der Waals surface area contributed by atoms with Crippen molar-refractivity contribution in [1.82, 2.24) is 0 Å². The molecular formula is C18H18ClN3O3. The summed E-state index contributed by atoms with van der Waals surface area (Å²) in [5, 5.41) is 0.405. The number of amides is 1. The largest absolute Gasteiger partial charge is 0.500 e. The predicted molar refractivity (Wildman–Crippen MR) is 97.4 cm³/mol. The molecule has 1 aliphatic carbocycles. The van der Waals surface area contributed by atoms with Crippen LogP contribution in [0.4, 0.5) is 5.69 Å². The number of dihydropyridines is 1. The van der Waals surface area contributed by atoms with Crippen molar-refractivity contribution in [3.05, 3.63) is 58.0 Å². The maximum atomic E-state index is 11.8. The van der Waals surface area contributed by atoms with Gasteiger partial charge in [-0.2, -0.15) is 0 Å². The normalized spacial score (nSPS) is 22.0. The van der Waals surface area contributed by atoms with Gasteiger partial charge in [-0.15, -0.1) is 0 Å². The van der Waals surface area contributed by atoms with Gasteiger partial charge >= 0.3 is 0 Å². The highest BCUT2D eigenvalue weighted by Crippen LogP contribution is 2.41. The molecule has 1 unspecified atom stereocenters. The quantitative estimate of drug-likeness (QED) is 0.807. The second kappa shape index (κ2) is 6.29. The van der Waals surface area contributed by atoms with Gasteiger partial charge in [0.15, 0.2) is 0 Å². The third kappa shape index (κ3) is 3.13. The zero-order valence-electron chi connectivity index (χ0n) is 13.9. The number of carbonyl (C=O) groups is 1. The number of nitrogens with two attached hydrogens (primary N) is 2. The number of hydrogen-bond acceptors (Lipinski definition) is 5. The van der Waals surface area contributed by atoms with E-state index < -0.39 is 11.4 Å². The number of methoxy groups -OCH3 is 1. The molecule has 3 rings (SSSR count). The van der Waals surface area contributed by atoms with Gasteiger partial charge in [-0.1, -0.05) is 11.6 Å². The van der Waals surface area contributed by atoms with Crippen molar-refractivity contribution in [2.75, 3.05) is 12.8 Å². The van der Waals surface area contributed by atoms with Crippen LogP contribution in [0.15, 0.2) is 58.0 Å². The third-order valence-corrected chi connectivity index (χ3v) is 4.56. The summed E-state index contributed by atoms with van der Waals surface area (Å²) >= 11 is 6.05. The Hall–Kier alpha value is -2.73. The van der Waals surface area contributed by atoms with Crippen molar-refractivity contribution in [3.63, 3.8) is 0 Å². The zero-order chi connectivity index (χ0) is 18.2. The molecule has 0 saturated heterocycles. The molecule has 0 spiro atoms. The Kier molecular flexibility index (Phi) is 4.30. The fraction of sp³-hybridized carbons (Fsp3) is 0.222. The van der Waals surface area contributed by atoms with Crippen LogP contribution in [0.3, 0.4) is 0 Å². The van der Waals surface area contributed by atoms with E-state index in [-0.39, 0.29) is 0 Å². The monoisotopic (exact) mass is 359 g/mol. The van der Waals surface area contributed by atoms with Gasteiger partial charge in [0.25, 0.3) is 5.91 Å². The third-order valence-electron chi connectivity index (χ3n) is 4.24. The summed E-state index contributed by atoms with van der Waals surface area (Å²) in [7, 11) is 1.51. The van der Waals surface area contributed by atoms with Crippen molar-refractivity contribution in [3.8, 4) is 5.75 Å². The van der Waals surface area contributed by atoms with Crippen molar-refractivity contribution < 1.29 is 14.3 Å². The highest BCUT2D eigenvalue weighted by molar-refractivity contribution is 6.33. The zero-order valence-corrected chi connectivity index (χ0v) is 14.6. The van der Waals surface area contributed by atoms with Gasteiger partial charge in [-0.25, -0.2) is 0 Å². The summed E-state index contributed by atoms with van der Waals surface area (Å²) in [6.07, 6.45) is 5.49. The summed E-state index contributed by atoms with van der Waals surface area (Å²) in [6, 6.07) is 5.02. The molecule has 2 aliphatic rings. The van der Waals surface area contributed by atoms with Gasteiger partial charge in [-0.05, 0) is 31.2 Å². The van der Waals surface area contributed by atoms with Crippen LogP contribution in [0.1, 0.15) is 13.3 Å². The SMILES string of the molecule is COC1=C(C(N)=O)C=C2C(Oc3ccc(N)c(Cl)c3)=CC=NC2(C)C1. The predicted octanol–water partition coefficient (Wildman–Crippen LogP) is 2.74. The number of rotatable bonds is 4. The van der Waals surface area contributed by atoms with Crippen molar-refractivity contribution in [1.29, 1.82) is 0 Å². The standard InChI is InChI=1S/C18H18ClN3O3/c1-18-9-16(24-2)11(17(21)23)8-12(18)15(5-6-22-18)25-10-3-4-14(20)13(19)7-10/h3-8H,9,20H2,1-2H3,(H2,21,23). The number of nitrogens with zero attached hydrogens (tertiary/aromatic N) is 1. The first-order valence-corrected chi connectivity index (χ1v) is 8.00. The minimum absolute atomic E-state index is 0.317. The van der Waals surface area contributed by atoms with Crippen LogP contribution in [0.2, 0.25) is 5.02 Å². The smallest absolute Gasteiger partial charge is 0.252 e. The van der Waals surface area contributed by atoms with Crippen LogP contribution in [0.5, 0.6) is 5.75 Å². The Labute approximate surface area is 150 Å². The van der Waals surface area contributed by atoms with E-state index in [1.54, 1.807) is 36.6 Å². The highest BCUT2D eigenvalue weighted by atomic mass is 35.5. The van der Waals surface area contributed by atoms with E-state index in [2.05, 4.69) is 4.99 Å². The molecule has 1 heterocycles. The Morgan fingerprint density at radius 3 is 2.80 bits per heavy atom. The number of anilines is 1. The number of primary amides is 1. The number of nitrogen functional groups attached to an aromatic ring is 1. The van der Waals surface area contributed by atoms with Crippen LogP contribution < -0.4 is 16.2 Å². The van der Waals surface area contributed by atoms with Crippen LogP contribution in [-0.2, 0) is 9.53 Å². The van der Waals surface area contributed by atoms with E-state index in [0.717, 1.165) is 5.57 Å². The molecule has 130 valence electrons. The van der Waals surface area contributed by atoms with Crippen molar-refractivity contribution in [2.24, 2.45) is 10.7 Å². The molecule has 0 fully saturated rings. The fourth-order valence-electron chi connectivity index (χ4n) is 2.87. The van der Waals surface area contributed by atoms with E-state index in [9.17, 15) is 4.79 Å². The van der Waals surface area contributed by atoms with E-state index in [1.807, 2.05) is 6.92 Å². The maximum Gasteiger partial charge on any atom is 0.252 e. The van der Waals surface area contributed by atoms with Crippen molar-refractivity contribution in [2.45, 2.75) is 18.9 Å². The fourth-order valence-corrected chi connectivity index (χ4v) is 3.04. The Bertz CT molecular complexity index is 870. The molecule has 0 radical (unpaired) electrons. The Morgan fingerprint density at radius 1 is 1.40 bits per heavy atom. The molecule has 1 amide bonds. The molecule has 6 nitrogen and oxygen atoms in total. The second-order valence-corrected chi connectivity index (χ2v) is 6.42. The van der Waals surface area contributed by atoms with Gasteiger partial charge in [0.1, 0.15) is 17.3 Å². The van der Waals surface area contributed by atoms with Crippen LogP contribution in [0.25, 0.3) is 0 Å². The van der Waals surface area contributed by atoms with Crippen molar-refractivity contribution >= 4 is 29.4 Å². The maximum absolute atomic E-state index is 11.8. The second-order valence-electron chi connectivity index (χ2n) is 6.01. The lowest BCUT2D eigenvalue weighted by Gasteiger charge is -2.35. The molecule has 7 heteroatoms. The number of allylic oxidation sites excluding steroid dienone is 1. The van der Waals surface area contributed by atoms with E-state index >= 15 is 0 Å². The highest BCUT2D eigenvalue weighted by Gasteiger charge is 2.39. The Balaban J connectivity index is 2.01. The van der Waals surface area contributed by atoms with Crippen LogP contribution >= 0.6 is 11.6 Å². The number of hydrogen-bond donors (Lipinski definition) is 2. The number of aliphatic imine (C=N–C) groups is 1. The summed E-state index contributed by atoms with van der Waals surface area (Å²) < 4.78 is 11.3. The van der Waals surface area contributed by atoms with Gasteiger partial charge in [0, 0.05) is 24.3 Å². The lowest BCUT2D eigenvalue weighted by Crippen LogP contribution is -2.35. The Morgan fingerprint density at radius 2 is 2.16 bits per heavy atom. The topological polar surface area (TPSA) is 99.9 Å². The molecule has 25 heavy (non-hydrogen) atoms. The summed E-state index contributed by atoms with van der Waals surface area (Å²) in [4.78, 5) is 16.3. The minimum atomic E-state index is -0.605. The molecule has 1 atom stereocenters. The first-order valence-electron chi connectivity index (χ1n) is 7.62. The molecule has 0 bridgehead atoms. The molecular weight excluding hydrogens is 342 g/mol. The number of halogens is 1. The average Bonchev–Trinajstić information content (AvgIpc) is 2.56. The van der Waals surface area contributed by atoms with Gasteiger partial charge in [0.2, 0.25) is 0 Å². The first kappa shape index (κ1) is 17.1. The van der Waals surface area contributed by atoms with Crippen LogP contribution in [0, 0.1) is 0 Å². The number of ether oxygens (including phenoxy) is 2. The number of carbonyl (C=O) groups excluding carboxylic acids is 1. The lowest BCUT2D eigenvalue weighted by atomic mass is 9.79. The van der Waals surface area contributed by atoms with Gasteiger partial charge in [-0.3, -0.25) is 9.79 Å². The van der Waals surface area contributed by atoms with Gasteiger partial charge in [0.05, 0.1) is 28.9 Å². The lowest BCUT2D eigenvalue weighted by molar-refractivity contribution is -0.114. The average molecular weight is 360 g/mol. The number of fused-ring (bicyclic) bond motifs is 1. The molecule has 1 aromatic carbocycles. The van der Waals surface area contributed by atoms with E-state index in [1.165, 1.54) is 7.11 Å². The van der Waals surface area contributed by atoms with E-state index in [4.69, 9.17) is 32.5 Å². The molecule has 4 N–H and O–H groups in total.